The smallest absolute Gasteiger partial charge is 0.193 e. The van der Waals surface area contributed by atoms with Crippen molar-refractivity contribution < 1.29 is 18.9 Å². The van der Waals surface area contributed by atoms with Crippen molar-refractivity contribution in [2.24, 2.45) is 4.99 Å². The van der Waals surface area contributed by atoms with Crippen molar-refractivity contribution in [2.75, 3.05) is 46.6 Å². The van der Waals surface area contributed by atoms with Crippen LogP contribution in [0.4, 0.5) is 0 Å². The molecule has 2 fully saturated rings. The quantitative estimate of drug-likeness (QED) is 0.332. The highest BCUT2D eigenvalue weighted by atomic mass is 127. The zero-order valence-electron chi connectivity index (χ0n) is 18.1. The number of fused-ring (bicyclic) bond motifs is 1. The Hall–Kier alpha value is -0.970. The van der Waals surface area contributed by atoms with Crippen LogP contribution in [-0.4, -0.2) is 69.6 Å². The number of guanidine groups is 1. The van der Waals surface area contributed by atoms with Gasteiger partial charge < -0.3 is 29.2 Å². The molecule has 31 heavy (non-hydrogen) atoms. The maximum absolute atomic E-state index is 6.35. The van der Waals surface area contributed by atoms with Gasteiger partial charge in [-0.05, 0) is 49.8 Å². The van der Waals surface area contributed by atoms with Crippen molar-refractivity contribution in [3.05, 3.63) is 22.7 Å². The summed E-state index contributed by atoms with van der Waals surface area (Å²) in [4.78, 5) is 6.75. The molecule has 1 aromatic carbocycles. The normalized spacial score (nSPS) is 22.1. The molecular weight excluding hydrogens is 533 g/mol. The summed E-state index contributed by atoms with van der Waals surface area (Å²) in [5, 5.41) is 4.03. The summed E-state index contributed by atoms with van der Waals surface area (Å²) in [7, 11) is 1.82. The highest BCUT2D eigenvalue weighted by Crippen LogP contribution is 2.38. The molecule has 0 bridgehead atoms. The number of benzene rings is 1. The molecule has 1 aromatic rings. The second kappa shape index (κ2) is 12.3. The van der Waals surface area contributed by atoms with E-state index in [9.17, 15) is 0 Å². The molecule has 4 rings (SSSR count). The zero-order chi connectivity index (χ0) is 20.8. The standard InChI is InChI=1S/C22H32ClN3O4.HI/c1-24-22(25-14-16-12-19(23)21-20(13-16)28-10-11-29-21)26-7-5-17(6-8-26)30-15-18-4-2-3-9-27-18;/h12-13,17-18H,2-11,14-15H2,1H3,(H,24,25);1H. The molecule has 1 unspecified atom stereocenters. The van der Waals surface area contributed by atoms with Gasteiger partial charge in [-0.15, -0.1) is 24.0 Å². The lowest BCUT2D eigenvalue weighted by Gasteiger charge is -2.35. The molecule has 1 atom stereocenters. The fourth-order valence-electron chi connectivity index (χ4n) is 4.20. The lowest BCUT2D eigenvalue weighted by molar-refractivity contribution is -0.0721. The van der Waals surface area contributed by atoms with Gasteiger partial charge in [0, 0.05) is 33.3 Å². The van der Waals surface area contributed by atoms with Gasteiger partial charge in [0.25, 0.3) is 0 Å². The minimum Gasteiger partial charge on any atom is -0.486 e. The van der Waals surface area contributed by atoms with Crippen LogP contribution < -0.4 is 14.8 Å². The van der Waals surface area contributed by atoms with Crippen LogP contribution in [0.2, 0.25) is 5.02 Å². The van der Waals surface area contributed by atoms with Crippen LogP contribution in [0.1, 0.15) is 37.7 Å². The van der Waals surface area contributed by atoms with E-state index in [4.69, 9.17) is 30.5 Å². The molecule has 0 saturated carbocycles. The molecule has 7 nitrogen and oxygen atoms in total. The molecule has 0 amide bonds. The van der Waals surface area contributed by atoms with Gasteiger partial charge in [0.2, 0.25) is 0 Å². The van der Waals surface area contributed by atoms with E-state index < -0.39 is 0 Å². The van der Waals surface area contributed by atoms with E-state index >= 15 is 0 Å². The van der Waals surface area contributed by atoms with Crippen LogP contribution in [0, 0.1) is 0 Å². The number of nitrogens with one attached hydrogen (secondary N) is 1. The Morgan fingerprint density at radius 3 is 2.71 bits per heavy atom. The van der Waals surface area contributed by atoms with E-state index in [1.165, 1.54) is 12.8 Å². The summed E-state index contributed by atoms with van der Waals surface area (Å²) in [6.07, 6.45) is 6.15. The fraction of sp³-hybridized carbons (Fsp3) is 0.682. The van der Waals surface area contributed by atoms with E-state index in [0.717, 1.165) is 57.1 Å². The Bertz CT molecular complexity index is 738. The first-order valence-corrected chi connectivity index (χ1v) is 11.4. The molecule has 9 heteroatoms. The Morgan fingerprint density at radius 1 is 1.16 bits per heavy atom. The number of hydrogen-bond donors (Lipinski definition) is 1. The minimum absolute atomic E-state index is 0. The van der Waals surface area contributed by atoms with Crippen molar-refractivity contribution in [1.82, 2.24) is 10.2 Å². The van der Waals surface area contributed by atoms with Crippen LogP contribution in [0.15, 0.2) is 17.1 Å². The van der Waals surface area contributed by atoms with Gasteiger partial charge in [0.15, 0.2) is 17.5 Å². The van der Waals surface area contributed by atoms with E-state index in [2.05, 4.69) is 15.2 Å². The number of aliphatic imine (C=N–C) groups is 1. The third kappa shape index (κ3) is 6.76. The molecule has 2 saturated heterocycles. The van der Waals surface area contributed by atoms with Gasteiger partial charge in [0.1, 0.15) is 13.2 Å². The second-order valence-electron chi connectivity index (χ2n) is 8.01. The lowest BCUT2D eigenvalue weighted by Crippen LogP contribution is -2.47. The fourth-order valence-corrected chi connectivity index (χ4v) is 4.48. The summed E-state index contributed by atoms with van der Waals surface area (Å²) < 4.78 is 23.2. The first-order valence-electron chi connectivity index (χ1n) is 11.0. The minimum atomic E-state index is 0. The Morgan fingerprint density at radius 2 is 1.97 bits per heavy atom. The summed E-state index contributed by atoms with van der Waals surface area (Å²) >= 11 is 6.35. The predicted molar refractivity (Wildman–Crippen MR) is 132 cm³/mol. The predicted octanol–water partition coefficient (Wildman–Crippen LogP) is 3.85. The number of rotatable bonds is 5. The van der Waals surface area contributed by atoms with Crippen LogP contribution in [0.25, 0.3) is 0 Å². The summed E-state index contributed by atoms with van der Waals surface area (Å²) in [5.41, 5.74) is 1.04. The van der Waals surface area contributed by atoms with Crippen LogP contribution in [-0.2, 0) is 16.0 Å². The van der Waals surface area contributed by atoms with Crippen molar-refractivity contribution in [3.63, 3.8) is 0 Å². The topological polar surface area (TPSA) is 64.6 Å². The second-order valence-corrected chi connectivity index (χ2v) is 8.42. The first-order chi connectivity index (χ1) is 14.7. The summed E-state index contributed by atoms with van der Waals surface area (Å²) in [5.74, 6) is 2.24. The average molecular weight is 566 g/mol. The molecule has 3 heterocycles. The number of nitrogens with zero attached hydrogens (tertiary/aromatic N) is 2. The molecule has 3 aliphatic heterocycles. The summed E-state index contributed by atoms with van der Waals surface area (Å²) in [6, 6.07) is 3.90. The van der Waals surface area contributed by atoms with Crippen LogP contribution >= 0.6 is 35.6 Å². The van der Waals surface area contributed by atoms with Gasteiger partial charge in [-0.1, -0.05) is 11.6 Å². The first kappa shape index (κ1) is 24.7. The average Bonchev–Trinajstić information content (AvgIpc) is 2.80. The van der Waals surface area contributed by atoms with Gasteiger partial charge in [-0.2, -0.15) is 0 Å². The van der Waals surface area contributed by atoms with Crippen molar-refractivity contribution >= 4 is 41.5 Å². The number of likely N-dealkylation sites (tertiary alicyclic amines) is 1. The highest BCUT2D eigenvalue weighted by molar-refractivity contribution is 14.0. The SMILES string of the molecule is CN=C(NCc1cc(Cl)c2c(c1)OCCO2)N1CCC(OCC2CCCCO2)CC1.I. The largest absolute Gasteiger partial charge is 0.486 e. The Balaban J connectivity index is 0.00000272. The van der Waals surface area contributed by atoms with Crippen molar-refractivity contribution in [3.8, 4) is 11.5 Å². The van der Waals surface area contributed by atoms with Gasteiger partial charge in [0.05, 0.1) is 23.8 Å². The molecule has 0 aliphatic carbocycles. The van der Waals surface area contributed by atoms with Gasteiger partial charge >= 0.3 is 0 Å². The Kier molecular flexibility index (Phi) is 9.80. The van der Waals surface area contributed by atoms with Gasteiger partial charge in [-0.3, -0.25) is 4.99 Å². The molecule has 0 spiro atoms. The lowest BCUT2D eigenvalue weighted by atomic mass is 10.1. The van der Waals surface area contributed by atoms with Crippen molar-refractivity contribution in [1.29, 1.82) is 0 Å². The third-order valence-electron chi connectivity index (χ3n) is 5.85. The van der Waals surface area contributed by atoms with Crippen LogP contribution in [0.5, 0.6) is 11.5 Å². The molecule has 1 N–H and O–H groups in total. The number of ether oxygens (including phenoxy) is 4. The van der Waals surface area contributed by atoms with E-state index in [0.29, 0.717) is 42.4 Å². The molecular formula is C22H33ClIN3O4. The van der Waals surface area contributed by atoms with Gasteiger partial charge in [-0.25, -0.2) is 0 Å². The van der Waals surface area contributed by atoms with E-state index in [1.54, 1.807) is 0 Å². The Labute approximate surface area is 206 Å². The van der Waals surface area contributed by atoms with Crippen LogP contribution in [0.3, 0.4) is 0 Å². The highest BCUT2D eigenvalue weighted by Gasteiger charge is 2.24. The molecule has 3 aliphatic rings. The number of piperidine rings is 1. The number of hydrogen-bond acceptors (Lipinski definition) is 5. The molecule has 0 aromatic heterocycles. The third-order valence-corrected chi connectivity index (χ3v) is 6.13. The van der Waals surface area contributed by atoms with Crippen molar-refractivity contribution in [2.45, 2.75) is 50.9 Å². The molecule has 174 valence electrons. The monoisotopic (exact) mass is 565 g/mol. The summed E-state index contributed by atoms with van der Waals surface area (Å²) in [6.45, 7) is 5.16. The maximum Gasteiger partial charge on any atom is 0.193 e. The van der Waals surface area contributed by atoms with E-state index in [1.807, 2.05) is 19.2 Å². The zero-order valence-corrected chi connectivity index (χ0v) is 21.2. The number of halogens is 2. The molecule has 0 radical (unpaired) electrons. The van der Waals surface area contributed by atoms with E-state index in [-0.39, 0.29) is 30.1 Å². The maximum atomic E-state index is 6.35.